The van der Waals surface area contributed by atoms with Crippen LogP contribution in [0.1, 0.15) is 13.8 Å². The molecule has 1 rings (SSSR count). The van der Waals surface area contributed by atoms with Crippen LogP contribution in [0.2, 0.25) is 0 Å². The maximum absolute atomic E-state index is 9.14. The number of hydrogen-bond acceptors (Lipinski definition) is 3. The Balaban J connectivity index is 2.23. The molecule has 0 bridgehead atoms. The summed E-state index contributed by atoms with van der Waals surface area (Å²) in [7, 11) is 0. The Kier molecular flexibility index (Phi) is 3.69. The zero-order chi connectivity index (χ0) is 8.27. The van der Waals surface area contributed by atoms with Gasteiger partial charge < -0.3 is 5.11 Å². The molecule has 2 nitrogen and oxygen atoms in total. The summed E-state index contributed by atoms with van der Waals surface area (Å²) in [5.41, 5.74) is 0. The quantitative estimate of drug-likeness (QED) is 0.671. The first-order chi connectivity index (χ1) is 5.18. The normalized spacial score (nSPS) is 30.3. The van der Waals surface area contributed by atoms with Gasteiger partial charge in [-0.1, -0.05) is 6.92 Å². The molecule has 66 valence electrons. The van der Waals surface area contributed by atoms with Crippen molar-refractivity contribution in [2.75, 3.05) is 25.4 Å². The van der Waals surface area contributed by atoms with Crippen LogP contribution in [-0.4, -0.2) is 46.7 Å². The van der Waals surface area contributed by atoms with Crippen molar-refractivity contribution >= 4 is 11.8 Å². The van der Waals surface area contributed by atoms with Crippen LogP contribution in [0.4, 0.5) is 0 Å². The van der Waals surface area contributed by atoms with E-state index in [0.717, 1.165) is 24.9 Å². The molecular weight excluding hydrogens is 158 g/mol. The highest BCUT2D eigenvalue weighted by Crippen LogP contribution is 2.17. The van der Waals surface area contributed by atoms with Crippen LogP contribution < -0.4 is 0 Å². The average Bonchev–Trinajstić information content (AvgIpc) is 1.85. The molecule has 1 saturated heterocycles. The largest absolute Gasteiger partial charge is 0.392 e. The molecule has 1 unspecified atom stereocenters. The van der Waals surface area contributed by atoms with E-state index in [1.54, 1.807) is 0 Å². The van der Waals surface area contributed by atoms with Crippen LogP contribution in [0.5, 0.6) is 0 Å². The van der Waals surface area contributed by atoms with E-state index in [2.05, 4.69) is 11.8 Å². The molecule has 0 aromatic carbocycles. The van der Waals surface area contributed by atoms with E-state index < -0.39 is 0 Å². The SMILES string of the molecule is CC1CN(C[C@H](C)O)CCS1. The Morgan fingerprint density at radius 1 is 1.73 bits per heavy atom. The molecule has 1 aliphatic heterocycles. The molecule has 0 amide bonds. The molecule has 0 aromatic heterocycles. The Bertz CT molecular complexity index is 117. The Hall–Kier alpha value is 0.270. The van der Waals surface area contributed by atoms with Crippen molar-refractivity contribution in [1.82, 2.24) is 4.90 Å². The fourth-order valence-corrected chi connectivity index (χ4v) is 2.51. The van der Waals surface area contributed by atoms with Crippen molar-refractivity contribution in [1.29, 1.82) is 0 Å². The lowest BCUT2D eigenvalue weighted by atomic mass is 10.3. The molecule has 0 aromatic rings. The molecule has 1 aliphatic rings. The second-order valence-electron chi connectivity index (χ2n) is 3.29. The van der Waals surface area contributed by atoms with Gasteiger partial charge >= 0.3 is 0 Å². The van der Waals surface area contributed by atoms with E-state index in [4.69, 9.17) is 5.11 Å². The summed E-state index contributed by atoms with van der Waals surface area (Å²) in [6.07, 6.45) is -0.176. The van der Waals surface area contributed by atoms with Gasteiger partial charge in [0.25, 0.3) is 0 Å². The summed E-state index contributed by atoms with van der Waals surface area (Å²) in [6, 6.07) is 0. The number of rotatable bonds is 2. The van der Waals surface area contributed by atoms with Gasteiger partial charge in [-0.3, -0.25) is 4.90 Å². The molecule has 0 radical (unpaired) electrons. The van der Waals surface area contributed by atoms with Crippen LogP contribution >= 0.6 is 11.8 Å². The third kappa shape index (κ3) is 3.45. The predicted octanol–water partition coefficient (Wildman–Crippen LogP) is 0.804. The zero-order valence-corrected chi connectivity index (χ0v) is 8.10. The van der Waals surface area contributed by atoms with Gasteiger partial charge in [0.15, 0.2) is 0 Å². The molecule has 3 heteroatoms. The van der Waals surface area contributed by atoms with E-state index in [-0.39, 0.29) is 6.10 Å². The molecule has 0 spiro atoms. The fraction of sp³-hybridized carbons (Fsp3) is 1.00. The fourth-order valence-electron chi connectivity index (χ4n) is 1.43. The van der Waals surface area contributed by atoms with Crippen LogP contribution in [0.25, 0.3) is 0 Å². The first-order valence-corrected chi connectivity index (χ1v) is 5.25. The highest BCUT2D eigenvalue weighted by molar-refractivity contribution is 7.99. The van der Waals surface area contributed by atoms with Crippen molar-refractivity contribution < 1.29 is 5.11 Å². The summed E-state index contributed by atoms with van der Waals surface area (Å²) in [5, 5.41) is 9.88. The predicted molar refractivity (Wildman–Crippen MR) is 50.0 cm³/mol. The third-order valence-electron chi connectivity index (χ3n) is 1.85. The van der Waals surface area contributed by atoms with E-state index in [0.29, 0.717) is 0 Å². The van der Waals surface area contributed by atoms with Gasteiger partial charge in [0.2, 0.25) is 0 Å². The van der Waals surface area contributed by atoms with Crippen LogP contribution in [0, 0.1) is 0 Å². The minimum absolute atomic E-state index is 0.176. The number of β-amino-alcohol motifs (C(OH)–C–C–N with tert-alkyl or cyclic N) is 1. The number of hydrogen-bond donors (Lipinski definition) is 1. The maximum Gasteiger partial charge on any atom is 0.0639 e. The second kappa shape index (κ2) is 4.33. The van der Waals surface area contributed by atoms with Crippen molar-refractivity contribution in [3.05, 3.63) is 0 Å². The molecular formula is C8H17NOS. The average molecular weight is 175 g/mol. The Morgan fingerprint density at radius 2 is 2.45 bits per heavy atom. The third-order valence-corrected chi connectivity index (χ3v) is 2.98. The number of nitrogens with zero attached hydrogens (tertiary/aromatic N) is 1. The van der Waals surface area contributed by atoms with Gasteiger partial charge in [-0.2, -0.15) is 11.8 Å². The Labute approximate surface area is 73.0 Å². The highest BCUT2D eigenvalue weighted by atomic mass is 32.2. The first kappa shape index (κ1) is 9.36. The summed E-state index contributed by atoms with van der Waals surface area (Å²) in [5.74, 6) is 1.22. The maximum atomic E-state index is 9.14. The number of aliphatic hydroxyl groups is 1. The molecule has 1 fully saturated rings. The lowest BCUT2D eigenvalue weighted by molar-refractivity contribution is 0.129. The van der Waals surface area contributed by atoms with Gasteiger partial charge in [-0.15, -0.1) is 0 Å². The van der Waals surface area contributed by atoms with Crippen molar-refractivity contribution in [3.8, 4) is 0 Å². The van der Waals surface area contributed by atoms with Crippen molar-refractivity contribution in [2.24, 2.45) is 0 Å². The second-order valence-corrected chi connectivity index (χ2v) is 4.84. The standard InChI is InChI=1S/C8H17NOS/c1-7(10)5-9-3-4-11-8(2)6-9/h7-8,10H,3-6H2,1-2H3/t7-,8?/m0/s1. The summed E-state index contributed by atoms with van der Waals surface area (Å²) in [6.45, 7) is 7.21. The molecule has 2 atom stereocenters. The number of thioether (sulfide) groups is 1. The van der Waals surface area contributed by atoms with Crippen LogP contribution in [-0.2, 0) is 0 Å². The molecule has 0 aliphatic carbocycles. The van der Waals surface area contributed by atoms with E-state index in [1.165, 1.54) is 5.75 Å². The minimum atomic E-state index is -0.176. The molecule has 11 heavy (non-hydrogen) atoms. The topological polar surface area (TPSA) is 23.5 Å². The smallest absolute Gasteiger partial charge is 0.0639 e. The summed E-state index contributed by atoms with van der Waals surface area (Å²) in [4.78, 5) is 2.34. The highest BCUT2D eigenvalue weighted by Gasteiger charge is 2.17. The Morgan fingerprint density at radius 3 is 3.00 bits per heavy atom. The van der Waals surface area contributed by atoms with Crippen LogP contribution in [0.3, 0.4) is 0 Å². The van der Waals surface area contributed by atoms with Crippen molar-refractivity contribution in [3.63, 3.8) is 0 Å². The molecule has 0 saturated carbocycles. The van der Waals surface area contributed by atoms with Gasteiger partial charge in [-0.25, -0.2) is 0 Å². The number of aliphatic hydroxyl groups excluding tert-OH is 1. The van der Waals surface area contributed by atoms with E-state index >= 15 is 0 Å². The van der Waals surface area contributed by atoms with Gasteiger partial charge in [0, 0.05) is 30.6 Å². The van der Waals surface area contributed by atoms with E-state index in [9.17, 15) is 0 Å². The molecule has 1 N–H and O–H groups in total. The van der Waals surface area contributed by atoms with E-state index in [1.807, 2.05) is 18.7 Å². The lowest BCUT2D eigenvalue weighted by Crippen LogP contribution is -2.40. The molecule has 1 heterocycles. The summed E-state index contributed by atoms with van der Waals surface area (Å²) >= 11 is 2.03. The van der Waals surface area contributed by atoms with Gasteiger partial charge in [0.05, 0.1) is 6.10 Å². The van der Waals surface area contributed by atoms with Crippen LogP contribution in [0.15, 0.2) is 0 Å². The van der Waals surface area contributed by atoms with Gasteiger partial charge in [-0.05, 0) is 6.92 Å². The van der Waals surface area contributed by atoms with Gasteiger partial charge in [0.1, 0.15) is 0 Å². The minimum Gasteiger partial charge on any atom is -0.392 e. The zero-order valence-electron chi connectivity index (χ0n) is 7.29. The summed E-state index contributed by atoms with van der Waals surface area (Å²) < 4.78 is 0. The first-order valence-electron chi connectivity index (χ1n) is 4.20. The lowest BCUT2D eigenvalue weighted by Gasteiger charge is -2.31. The monoisotopic (exact) mass is 175 g/mol. The van der Waals surface area contributed by atoms with Crippen molar-refractivity contribution in [2.45, 2.75) is 25.2 Å².